The summed E-state index contributed by atoms with van der Waals surface area (Å²) in [5.41, 5.74) is 2.35. The van der Waals surface area contributed by atoms with Crippen molar-refractivity contribution in [3.63, 3.8) is 0 Å². The van der Waals surface area contributed by atoms with Crippen LogP contribution in [0, 0.1) is 21.4 Å². The molecule has 31 heavy (non-hydrogen) atoms. The summed E-state index contributed by atoms with van der Waals surface area (Å²) in [4.78, 5) is 14.7. The van der Waals surface area contributed by atoms with Crippen LogP contribution in [0.1, 0.15) is 11.1 Å². The van der Waals surface area contributed by atoms with Gasteiger partial charge in [-0.3, -0.25) is 10.1 Å². The first-order valence-corrected chi connectivity index (χ1v) is 9.27. The van der Waals surface area contributed by atoms with Crippen LogP contribution in [0.2, 0.25) is 0 Å². The number of phenolic OH excluding ortho intramolecular Hbond substituents is 1. The topological polar surface area (TPSA) is 113 Å². The minimum Gasteiger partial charge on any atom is -0.507 e. The zero-order valence-corrected chi connectivity index (χ0v) is 16.1. The number of non-ortho nitro benzene ring substituents is 1. The van der Waals surface area contributed by atoms with E-state index in [4.69, 9.17) is 4.42 Å². The van der Waals surface area contributed by atoms with E-state index >= 15 is 0 Å². The van der Waals surface area contributed by atoms with E-state index < -0.39 is 4.92 Å². The van der Waals surface area contributed by atoms with Gasteiger partial charge in [-0.25, -0.2) is 4.99 Å². The Labute approximate surface area is 177 Å². The Hall–Kier alpha value is -4.70. The smallest absolute Gasteiger partial charge is 0.270 e. The van der Waals surface area contributed by atoms with E-state index in [1.165, 1.54) is 24.4 Å². The maximum absolute atomic E-state index is 11.0. The second kappa shape index (κ2) is 8.35. The number of nitriles is 1. The fourth-order valence-corrected chi connectivity index (χ4v) is 3.17. The lowest BCUT2D eigenvalue weighted by Crippen LogP contribution is -1.90. The molecule has 0 saturated carbocycles. The number of aliphatic imine (C=N–C) groups is 1. The molecule has 150 valence electrons. The second-order valence-corrected chi connectivity index (χ2v) is 6.59. The van der Waals surface area contributed by atoms with Crippen LogP contribution in [-0.2, 0) is 0 Å². The average Bonchev–Trinajstić information content (AvgIpc) is 3.18. The highest BCUT2D eigenvalue weighted by Gasteiger charge is 2.22. The van der Waals surface area contributed by atoms with Crippen molar-refractivity contribution in [2.75, 3.05) is 0 Å². The monoisotopic (exact) mass is 409 g/mol. The van der Waals surface area contributed by atoms with Gasteiger partial charge >= 0.3 is 0 Å². The van der Waals surface area contributed by atoms with E-state index in [1.54, 1.807) is 0 Å². The van der Waals surface area contributed by atoms with Crippen molar-refractivity contribution in [1.29, 1.82) is 5.26 Å². The zero-order valence-electron chi connectivity index (χ0n) is 16.1. The van der Waals surface area contributed by atoms with Crippen molar-refractivity contribution >= 4 is 17.8 Å². The number of nitrogens with zero attached hydrogens (tertiary/aromatic N) is 3. The lowest BCUT2D eigenvalue weighted by atomic mass is 9.98. The number of furan rings is 1. The molecule has 7 heteroatoms. The van der Waals surface area contributed by atoms with Gasteiger partial charge in [-0.1, -0.05) is 60.7 Å². The zero-order chi connectivity index (χ0) is 21.8. The van der Waals surface area contributed by atoms with E-state index in [0.717, 1.165) is 11.1 Å². The Morgan fingerprint density at radius 2 is 1.65 bits per heavy atom. The number of benzene rings is 3. The fourth-order valence-electron chi connectivity index (χ4n) is 3.17. The van der Waals surface area contributed by atoms with Crippen molar-refractivity contribution in [1.82, 2.24) is 0 Å². The first kappa shape index (κ1) is 19.6. The predicted octanol–water partition coefficient (Wildman–Crippen LogP) is 5.85. The summed E-state index contributed by atoms with van der Waals surface area (Å²) in [5, 5.41) is 30.9. The molecule has 7 nitrogen and oxygen atoms in total. The Bertz CT molecular complexity index is 1320. The molecular weight excluding hydrogens is 394 g/mol. The summed E-state index contributed by atoms with van der Waals surface area (Å²) in [6.45, 7) is 0. The number of aromatic hydroxyl groups is 1. The average molecular weight is 409 g/mol. The normalized spacial score (nSPS) is 10.8. The first-order valence-electron chi connectivity index (χ1n) is 9.27. The van der Waals surface area contributed by atoms with Gasteiger partial charge in [-0.15, -0.1) is 0 Å². The van der Waals surface area contributed by atoms with E-state index in [-0.39, 0.29) is 28.4 Å². The van der Waals surface area contributed by atoms with E-state index in [1.807, 2.05) is 60.7 Å². The van der Waals surface area contributed by atoms with Crippen LogP contribution in [0.3, 0.4) is 0 Å². The summed E-state index contributed by atoms with van der Waals surface area (Å²) in [5.74, 6) is 0.357. The van der Waals surface area contributed by atoms with Crippen LogP contribution in [0.25, 0.3) is 22.5 Å². The molecule has 4 aromatic rings. The standard InChI is InChI=1S/C24H15N3O4/c25-14-20-22(16-7-3-1-4-8-16)23(17-9-5-2-6-10-17)31-24(20)26-15-18-13-19(27(29)30)11-12-21(18)28/h1-13,15,28H/b26-15+. The Morgan fingerprint density at radius 3 is 2.26 bits per heavy atom. The van der Waals surface area contributed by atoms with Crippen molar-refractivity contribution in [3.8, 4) is 34.3 Å². The molecule has 0 bridgehead atoms. The van der Waals surface area contributed by atoms with Crippen molar-refractivity contribution in [2.24, 2.45) is 4.99 Å². The Balaban J connectivity index is 1.87. The van der Waals surface area contributed by atoms with Gasteiger partial charge in [0.2, 0.25) is 5.88 Å². The van der Waals surface area contributed by atoms with Gasteiger partial charge in [0.05, 0.1) is 4.92 Å². The molecule has 1 aromatic heterocycles. The number of nitro benzene ring substituents is 1. The highest BCUT2D eigenvalue weighted by atomic mass is 16.6. The Kier molecular flexibility index (Phi) is 5.28. The molecule has 3 aromatic carbocycles. The molecule has 0 saturated heterocycles. The molecule has 1 N–H and O–H groups in total. The maximum atomic E-state index is 11.0. The van der Waals surface area contributed by atoms with Gasteiger partial charge in [0.15, 0.2) is 0 Å². The second-order valence-electron chi connectivity index (χ2n) is 6.59. The lowest BCUT2D eigenvalue weighted by molar-refractivity contribution is -0.384. The van der Waals surface area contributed by atoms with E-state index in [2.05, 4.69) is 11.1 Å². The van der Waals surface area contributed by atoms with Crippen LogP contribution in [0.4, 0.5) is 11.6 Å². The van der Waals surface area contributed by atoms with Gasteiger partial charge in [-0.2, -0.15) is 5.26 Å². The molecule has 0 aliphatic rings. The molecule has 0 atom stereocenters. The van der Waals surface area contributed by atoms with Crippen LogP contribution in [0.15, 0.2) is 88.3 Å². The fraction of sp³-hybridized carbons (Fsp3) is 0. The molecule has 4 rings (SSSR count). The van der Waals surface area contributed by atoms with Crippen LogP contribution in [-0.4, -0.2) is 16.2 Å². The van der Waals surface area contributed by atoms with Crippen molar-refractivity contribution in [2.45, 2.75) is 0 Å². The van der Waals surface area contributed by atoms with E-state index in [9.17, 15) is 20.5 Å². The quantitative estimate of drug-likeness (QED) is 0.252. The van der Waals surface area contributed by atoms with Crippen LogP contribution in [0.5, 0.6) is 5.75 Å². The molecule has 0 fully saturated rings. The molecule has 0 radical (unpaired) electrons. The molecule has 0 spiro atoms. The minimum absolute atomic E-state index is 0.0473. The molecule has 0 amide bonds. The summed E-state index contributed by atoms with van der Waals surface area (Å²) in [6, 6.07) is 24.5. The van der Waals surface area contributed by atoms with Gasteiger partial charge in [0.1, 0.15) is 23.1 Å². The molecule has 0 unspecified atom stereocenters. The largest absolute Gasteiger partial charge is 0.507 e. The summed E-state index contributed by atoms with van der Waals surface area (Å²) < 4.78 is 5.98. The van der Waals surface area contributed by atoms with Gasteiger partial charge in [-0.05, 0) is 11.6 Å². The summed E-state index contributed by atoms with van der Waals surface area (Å²) >= 11 is 0. The van der Waals surface area contributed by atoms with Crippen molar-refractivity contribution < 1.29 is 14.4 Å². The third-order valence-electron chi connectivity index (χ3n) is 4.64. The maximum Gasteiger partial charge on any atom is 0.270 e. The number of hydrogen-bond donors (Lipinski definition) is 1. The first-order chi connectivity index (χ1) is 15.1. The highest BCUT2D eigenvalue weighted by Crippen LogP contribution is 2.42. The van der Waals surface area contributed by atoms with Gasteiger partial charge < -0.3 is 9.52 Å². The van der Waals surface area contributed by atoms with Gasteiger partial charge in [0.25, 0.3) is 5.69 Å². The minimum atomic E-state index is -0.564. The Morgan fingerprint density at radius 1 is 1.00 bits per heavy atom. The lowest BCUT2D eigenvalue weighted by Gasteiger charge is -2.03. The SMILES string of the molecule is N#Cc1c(/N=C/c2cc([N+](=O)[O-])ccc2O)oc(-c2ccccc2)c1-c1ccccc1. The number of hydrogen-bond acceptors (Lipinski definition) is 6. The predicted molar refractivity (Wildman–Crippen MR) is 116 cm³/mol. The number of nitro groups is 1. The summed E-state index contributed by atoms with van der Waals surface area (Å²) in [6.07, 6.45) is 1.24. The third-order valence-corrected chi connectivity index (χ3v) is 4.64. The van der Waals surface area contributed by atoms with Crippen LogP contribution < -0.4 is 0 Å². The number of rotatable bonds is 5. The van der Waals surface area contributed by atoms with Gasteiger partial charge in [0, 0.05) is 35.0 Å². The third kappa shape index (κ3) is 3.91. The van der Waals surface area contributed by atoms with Crippen LogP contribution >= 0.6 is 0 Å². The molecular formula is C24H15N3O4. The molecule has 1 heterocycles. The molecule has 0 aliphatic carbocycles. The molecule has 0 aliphatic heterocycles. The van der Waals surface area contributed by atoms with Crippen molar-refractivity contribution in [3.05, 3.63) is 100 Å². The highest BCUT2D eigenvalue weighted by molar-refractivity contribution is 5.91. The summed E-state index contributed by atoms with van der Waals surface area (Å²) in [7, 11) is 0. The number of phenols is 1. The van der Waals surface area contributed by atoms with E-state index in [0.29, 0.717) is 11.3 Å².